The van der Waals surface area contributed by atoms with Gasteiger partial charge in [0.2, 0.25) is 0 Å². The summed E-state index contributed by atoms with van der Waals surface area (Å²) in [6.07, 6.45) is 8.57. The summed E-state index contributed by atoms with van der Waals surface area (Å²) >= 11 is 0. The Morgan fingerprint density at radius 3 is 2.54 bits per heavy atom. The number of ether oxygens (including phenoxy) is 1. The van der Waals surface area contributed by atoms with Crippen molar-refractivity contribution in [2.24, 2.45) is 11.3 Å². The monoisotopic (exact) mass is 182 g/mol. The molecule has 0 aromatic heterocycles. The molecule has 3 unspecified atom stereocenters. The minimum Gasteiger partial charge on any atom is -0.396 e. The summed E-state index contributed by atoms with van der Waals surface area (Å²) in [5.74, 6) is 0.685. The van der Waals surface area contributed by atoms with E-state index < -0.39 is 0 Å². The first-order chi connectivity index (χ1) is 6.34. The quantitative estimate of drug-likeness (QED) is 0.704. The van der Waals surface area contributed by atoms with Crippen LogP contribution in [-0.4, -0.2) is 23.9 Å². The van der Waals surface area contributed by atoms with Gasteiger partial charge in [-0.1, -0.05) is 6.42 Å². The second-order valence-electron chi connectivity index (χ2n) is 5.09. The summed E-state index contributed by atoms with van der Waals surface area (Å²) in [4.78, 5) is 0. The zero-order valence-corrected chi connectivity index (χ0v) is 8.04. The lowest BCUT2D eigenvalue weighted by Gasteiger charge is -2.47. The Hall–Kier alpha value is -0.0800. The average molecular weight is 182 g/mol. The molecular weight excluding hydrogens is 164 g/mol. The fraction of sp³-hybridized carbons (Fsp3) is 1.00. The molecule has 3 fully saturated rings. The molecule has 13 heavy (non-hydrogen) atoms. The van der Waals surface area contributed by atoms with Crippen molar-refractivity contribution in [3.63, 3.8) is 0 Å². The Morgan fingerprint density at radius 2 is 2.15 bits per heavy atom. The minimum atomic E-state index is 0.278. The molecule has 0 aromatic rings. The highest BCUT2D eigenvalue weighted by atomic mass is 16.5. The highest BCUT2D eigenvalue weighted by Gasteiger charge is 2.53. The maximum Gasteiger partial charge on any atom is 0.0615 e. The van der Waals surface area contributed by atoms with Crippen molar-refractivity contribution in [3.05, 3.63) is 0 Å². The lowest BCUT2D eigenvalue weighted by Crippen LogP contribution is -2.44. The molecule has 1 N–H and O–H groups in total. The molecule has 2 aliphatic heterocycles. The molecule has 3 rings (SSSR count). The lowest BCUT2D eigenvalue weighted by molar-refractivity contribution is -0.0421. The predicted octanol–water partition coefficient (Wildman–Crippen LogP) is 1.72. The Bertz CT molecular complexity index is 205. The molecule has 0 radical (unpaired) electrons. The van der Waals surface area contributed by atoms with Gasteiger partial charge in [0.1, 0.15) is 0 Å². The number of aliphatic hydroxyl groups is 1. The third-order valence-corrected chi connectivity index (χ3v) is 4.56. The van der Waals surface area contributed by atoms with Crippen LogP contribution in [0.1, 0.15) is 38.5 Å². The van der Waals surface area contributed by atoms with E-state index in [9.17, 15) is 5.11 Å². The molecule has 74 valence electrons. The molecule has 1 saturated carbocycles. The van der Waals surface area contributed by atoms with Gasteiger partial charge in [0.15, 0.2) is 0 Å². The SMILES string of the molecule is OCC1(C2CC3CCC2O3)CCC1. The van der Waals surface area contributed by atoms with E-state index in [0.717, 1.165) is 0 Å². The maximum atomic E-state index is 9.47. The van der Waals surface area contributed by atoms with Crippen LogP contribution in [0.5, 0.6) is 0 Å². The zero-order valence-electron chi connectivity index (χ0n) is 8.04. The van der Waals surface area contributed by atoms with Gasteiger partial charge in [0.05, 0.1) is 12.2 Å². The minimum absolute atomic E-state index is 0.278. The van der Waals surface area contributed by atoms with Crippen molar-refractivity contribution < 1.29 is 9.84 Å². The average Bonchev–Trinajstić information content (AvgIpc) is 2.64. The molecule has 0 amide bonds. The van der Waals surface area contributed by atoms with Crippen molar-refractivity contribution >= 4 is 0 Å². The standard InChI is InChI=1S/C11H18O2/c12-7-11(4-1-5-11)9-6-8-2-3-10(9)13-8/h8-10,12H,1-7H2. The topological polar surface area (TPSA) is 29.5 Å². The van der Waals surface area contributed by atoms with Crippen LogP contribution in [0.4, 0.5) is 0 Å². The largest absolute Gasteiger partial charge is 0.396 e. The summed E-state index contributed by atoms with van der Waals surface area (Å²) in [5.41, 5.74) is 0.278. The van der Waals surface area contributed by atoms with Crippen molar-refractivity contribution in [2.45, 2.75) is 50.7 Å². The Kier molecular flexibility index (Phi) is 1.72. The van der Waals surface area contributed by atoms with Crippen LogP contribution in [0.3, 0.4) is 0 Å². The smallest absolute Gasteiger partial charge is 0.0615 e. The second kappa shape index (κ2) is 2.71. The van der Waals surface area contributed by atoms with Gasteiger partial charge < -0.3 is 9.84 Å². The molecule has 3 aliphatic rings. The molecule has 2 saturated heterocycles. The third-order valence-electron chi connectivity index (χ3n) is 4.56. The molecule has 2 bridgehead atoms. The van der Waals surface area contributed by atoms with Crippen molar-refractivity contribution in [2.75, 3.05) is 6.61 Å². The summed E-state index contributed by atoms with van der Waals surface area (Å²) in [6, 6.07) is 0. The van der Waals surface area contributed by atoms with E-state index in [2.05, 4.69) is 0 Å². The van der Waals surface area contributed by atoms with Gasteiger partial charge in [-0.2, -0.15) is 0 Å². The first-order valence-electron chi connectivity index (χ1n) is 5.60. The predicted molar refractivity (Wildman–Crippen MR) is 49.4 cm³/mol. The van der Waals surface area contributed by atoms with Crippen LogP contribution in [0.2, 0.25) is 0 Å². The first kappa shape index (κ1) is 8.25. The van der Waals surface area contributed by atoms with Gasteiger partial charge in [-0.15, -0.1) is 0 Å². The number of aliphatic hydroxyl groups excluding tert-OH is 1. The van der Waals surface area contributed by atoms with Crippen LogP contribution in [0.15, 0.2) is 0 Å². The van der Waals surface area contributed by atoms with E-state index >= 15 is 0 Å². The summed E-state index contributed by atoms with van der Waals surface area (Å²) in [5, 5.41) is 9.47. The summed E-state index contributed by atoms with van der Waals surface area (Å²) in [7, 11) is 0. The molecular formula is C11H18O2. The summed E-state index contributed by atoms with van der Waals surface area (Å²) in [6.45, 7) is 0.393. The number of hydrogen-bond donors (Lipinski definition) is 1. The van der Waals surface area contributed by atoms with Gasteiger partial charge in [-0.25, -0.2) is 0 Å². The normalized spacial score (nSPS) is 46.4. The Morgan fingerprint density at radius 1 is 1.31 bits per heavy atom. The van der Waals surface area contributed by atoms with E-state index in [4.69, 9.17) is 4.74 Å². The number of fused-ring (bicyclic) bond motifs is 2. The van der Waals surface area contributed by atoms with Crippen LogP contribution in [-0.2, 0) is 4.74 Å². The van der Waals surface area contributed by atoms with E-state index in [0.29, 0.717) is 24.7 Å². The van der Waals surface area contributed by atoms with Crippen LogP contribution in [0.25, 0.3) is 0 Å². The first-order valence-corrected chi connectivity index (χ1v) is 5.60. The van der Waals surface area contributed by atoms with Gasteiger partial charge in [-0.05, 0) is 43.4 Å². The van der Waals surface area contributed by atoms with Crippen LogP contribution in [0, 0.1) is 11.3 Å². The van der Waals surface area contributed by atoms with E-state index in [1.165, 1.54) is 38.5 Å². The van der Waals surface area contributed by atoms with Crippen molar-refractivity contribution in [3.8, 4) is 0 Å². The van der Waals surface area contributed by atoms with Crippen molar-refractivity contribution in [1.82, 2.24) is 0 Å². The van der Waals surface area contributed by atoms with Gasteiger partial charge in [0.25, 0.3) is 0 Å². The Balaban J connectivity index is 1.78. The number of hydrogen-bond acceptors (Lipinski definition) is 2. The fourth-order valence-electron chi connectivity index (χ4n) is 3.56. The molecule has 1 aliphatic carbocycles. The van der Waals surface area contributed by atoms with Gasteiger partial charge in [-0.3, -0.25) is 0 Å². The molecule has 2 nitrogen and oxygen atoms in total. The molecule has 0 spiro atoms. The third kappa shape index (κ3) is 1.02. The summed E-state index contributed by atoms with van der Waals surface area (Å²) < 4.78 is 5.86. The van der Waals surface area contributed by atoms with E-state index in [1.807, 2.05) is 0 Å². The molecule has 2 heterocycles. The zero-order chi connectivity index (χ0) is 8.89. The van der Waals surface area contributed by atoms with Gasteiger partial charge in [0, 0.05) is 6.61 Å². The Labute approximate surface area is 79.3 Å². The highest BCUT2D eigenvalue weighted by Crippen LogP contribution is 2.55. The van der Waals surface area contributed by atoms with E-state index in [1.54, 1.807) is 0 Å². The number of rotatable bonds is 2. The van der Waals surface area contributed by atoms with Crippen LogP contribution >= 0.6 is 0 Å². The molecule has 3 atom stereocenters. The fourth-order valence-corrected chi connectivity index (χ4v) is 3.56. The maximum absolute atomic E-state index is 9.47. The van der Waals surface area contributed by atoms with Crippen LogP contribution < -0.4 is 0 Å². The van der Waals surface area contributed by atoms with Gasteiger partial charge >= 0.3 is 0 Å². The van der Waals surface area contributed by atoms with Crippen molar-refractivity contribution in [1.29, 1.82) is 0 Å². The molecule has 2 heteroatoms. The highest BCUT2D eigenvalue weighted by molar-refractivity contribution is 5.02. The molecule has 0 aromatic carbocycles. The second-order valence-corrected chi connectivity index (χ2v) is 5.09. The van der Waals surface area contributed by atoms with E-state index in [-0.39, 0.29) is 5.41 Å². The lowest BCUT2D eigenvalue weighted by atomic mass is 9.58.